The molecule has 94 valence electrons. The molecule has 0 aliphatic carbocycles. The predicted molar refractivity (Wildman–Crippen MR) is 68.9 cm³/mol. The predicted octanol–water partition coefficient (Wildman–Crippen LogP) is 2.30. The first-order valence-electron chi connectivity index (χ1n) is 5.12. The van der Waals surface area contributed by atoms with Crippen LogP contribution in [0.5, 0.6) is 0 Å². The van der Waals surface area contributed by atoms with Crippen molar-refractivity contribution in [3.8, 4) is 0 Å². The van der Waals surface area contributed by atoms with E-state index in [1.165, 1.54) is 12.1 Å². The standard InChI is InChI=1S/C11H14BrNO3S/c1-8(2)7-11(14)13-17(15,16)10-5-3-9(12)4-6-10/h3-6,8H,7H2,1-2H3,(H,13,14). The highest BCUT2D eigenvalue weighted by molar-refractivity contribution is 9.10. The van der Waals surface area contributed by atoms with E-state index in [0.717, 1.165) is 4.47 Å². The van der Waals surface area contributed by atoms with Gasteiger partial charge in [0.2, 0.25) is 5.91 Å². The molecule has 0 spiro atoms. The van der Waals surface area contributed by atoms with Crippen molar-refractivity contribution < 1.29 is 13.2 Å². The first-order valence-corrected chi connectivity index (χ1v) is 7.40. The number of carbonyl (C=O) groups is 1. The molecule has 1 rings (SSSR count). The Labute approximate surface area is 110 Å². The molecule has 0 atom stereocenters. The Morgan fingerprint density at radius 3 is 2.29 bits per heavy atom. The number of amides is 1. The number of benzene rings is 1. The maximum atomic E-state index is 11.8. The van der Waals surface area contributed by atoms with Crippen LogP contribution in [0.4, 0.5) is 0 Å². The van der Waals surface area contributed by atoms with Gasteiger partial charge in [-0.3, -0.25) is 4.79 Å². The van der Waals surface area contributed by atoms with Gasteiger partial charge in [-0.05, 0) is 30.2 Å². The van der Waals surface area contributed by atoms with Crippen LogP contribution in [0.2, 0.25) is 0 Å². The van der Waals surface area contributed by atoms with E-state index in [1.807, 2.05) is 18.6 Å². The van der Waals surface area contributed by atoms with Crippen molar-refractivity contribution in [2.75, 3.05) is 0 Å². The van der Waals surface area contributed by atoms with Gasteiger partial charge in [-0.15, -0.1) is 0 Å². The van der Waals surface area contributed by atoms with E-state index in [2.05, 4.69) is 15.9 Å². The molecule has 0 unspecified atom stereocenters. The van der Waals surface area contributed by atoms with E-state index in [-0.39, 0.29) is 17.2 Å². The lowest BCUT2D eigenvalue weighted by Gasteiger charge is -2.08. The molecule has 0 bridgehead atoms. The highest BCUT2D eigenvalue weighted by Gasteiger charge is 2.17. The summed E-state index contributed by atoms with van der Waals surface area (Å²) >= 11 is 3.21. The van der Waals surface area contributed by atoms with E-state index in [9.17, 15) is 13.2 Å². The van der Waals surface area contributed by atoms with Gasteiger partial charge in [0.15, 0.2) is 0 Å². The van der Waals surface area contributed by atoms with Crippen molar-refractivity contribution in [1.29, 1.82) is 0 Å². The fourth-order valence-electron chi connectivity index (χ4n) is 1.23. The van der Waals surface area contributed by atoms with Crippen molar-refractivity contribution in [1.82, 2.24) is 4.72 Å². The summed E-state index contributed by atoms with van der Waals surface area (Å²) in [5.74, 6) is -0.363. The molecule has 1 aromatic rings. The molecule has 0 aromatic heterocycles. The van der Waals surface area contributed by atoms with E-state index >= 15 is 0 Å². The van der Waals surface area contributed by atoms with Gasteiger partial charge < -0.3 is 0 Å². The fraction of sp³-hybridized carbons (Fsp3) is 0.364. The third kappa shape index (κ3) is 4.47. The van der Waals surface area contributed by atoms with Crippen LogP contribution in [0.15, 0.2) is 33.6 Å². The summed E-state index contributed by atoms with van der Waals surface area (Å²) in [6, 6.07) is 6.10. The summed E-state index contributed by atoms with van der Waals surface area (Å²) in [6.45, 7) is 3.71. The molecule has 1 aromatic carbocycles. The molecule has 4 nitrogen and oxygen atoms in total. The van der Waals surface area contributed by atoms with Crippen LogP contribution in [0.3, 0.4) is 0 Å². The highest BCUT2D eigenvalue weighted by atomic mass is 79.9. The number of rotatable bonds is 4. The summed E-state index contributed by atoms with van der Waals surface area (Å²) in [4.78, 5) is 11.5. The number of nitrogens with one attached hydrogen (secondary N) is 1. The number of hydrogen-bond donors (Lipinski definition) is 1. The maximum Gasteiger partial charge on any atom is 0.264 e. The van der Waals surface area contributed by atoms with Gasteiger partial charge >= 0.3 is 0 Å². The minimum Gasteiger partial charge on any atom is -0.274 e. The summed E-state index contributed by atoms with van der Waals surface area (Å²) in [7, 11) is -3.74. The van der Waals surface area contributed by atoms with Crippen LogP contribution in [0.25, 0.3) is 0 Å². The van der Waals surface area contributed by atoms with Crippen molar-refractivity contribution in [2.24, 2.45) is 5.92 Å². The summed E-state index contributed by atoms with van der Waals surface area (Å²) in [5.41, 5.74) is 0. The normalized spacial score (nSPS) is 11.5. The van der Waals surface area contributed by atoms with Crippen LogP contribution in [-0.2, 0) is 14.8 Å². The highest BCUT2D eigenvalue weighted by Crippen LogP contribution is 2.14. The first-order chi connectivity index (χ1) is 7.81. The zero-order chi connectivity index (χ0) is 13.1. The zero-order valence-electron chi connectivity index (χ0n) is 9.60. The Morgan fingerprint density at radius 1 is 1.29 bits per heavy atom. The van der Waals surface area contributed by atoms with E-state index in [0.29, 0.717) is 0 Å². The molecule has 0 fully saturated rings. The fourth-order valence-corrected chi connectivity index (χ4v) is 2.49. The minimum absolute atomic E-state index is 0.0813. The number of hydrogen-bond acceptors (Lipinski definition) is 3. The average molecular weight is 320 g/mol. The van der Waals surface area contributed by atoms with Gasteiger partial charge in [0.1, 0.15) is 0 Å². The van der Waals surface area contributed by atoms with Gasteiger partial charge in [-0.2, -0.15) is 0 Å². The molecular formula is C11H14BrNO3S. The second-order valence-corrected chi connectivity index (χ2v) is 6.68. The second-order valence-electron chi connectivity index (χ2n) is 4.08. The Hall–Kier alpha value is -0.880. The Morgan fingerprint density at radius 2 is 1.82 bits per heavy atom. The van der Waals surface area contributed by atoms with E-state index in [1.54, 1.807) is 12.1 Å². The summed E-state index contributed by atoms with van der Waals surface area (Å²) in [5, 5.41) is 0. The van der Waals surface area contributed by atoms with Crippen molar-refractivity contribution in [3.63, 3.8) is 0 Å². The van der Waals surface area contributed by atoms with Crippen LogP contribution in [0, 0.1) is 5.92 Å². The number of sulfonamides is 1. The molecular weight excluding hydrogens is 306 g/mol. The molecule has 0 aliphatic heterocycles. The lowest BCUT2D eigenvalue weighted by Crippen LogP contribution is -2.31. The third-order valence-corrected chi connectivity index (χ3v) is 3.88. The Kier molecular flexibility index (Phi) is 4.70. The quantitative estimate of drug-likeness (QED) is 0.926. The molecule has 1 N–H and O–H groups in total. The molecule has 0 radical (unpaired) electrons. The summed E-state index contributed by atoms with van der Waals surface area (Å²) in [6.07, 6.45) is 0.190. The lowest BCUT2D eigenvalue weighted by molar-refractivity contribution is -0.120. The van der Waals surface area contributed by atoms with Crippen LogP contribution < -0.4 is 4.72 Å². The maximum absolute atomic E-state index is 11.8. The molecule has 17 heavy (non-hydrogen) atoms. The largest absolute Gasteiger partial charge is 0.274 e. The third-order valence-electron chi connectivity index (χ3n) is 1.97. The first kappa shape index (κ1) is 14.2. The second kappa shape index (κ2) is 5.64. The minimum atomic E-state index is -3.74. The number of carbonyl (C=O) groups excluding carboxylic acids is 1. The molecule has 0 aliphatic rings. The van der Waals surface area contributed by atoms with E-state index in [4.69, 9.17) is 0 Å². The van der Waals surface area contributed by atoms with Crippen LogP contribution >= 0.6 is 15.9 Å². The Balaban J connectivity index is 2.82. The monoisotopic (exact) mass is 319 g/mol. The molecule has 0 saturated heterocycles. The van der Waals surface area contributed by atoms with Crippen molar-refractivity contribution in [3.05, 3.63) is 28.7 Å². The smallest absolute Gasteiger partial charge is 0.264 e. The van der Waals surface area contributed by atoms with Gasteiger partial charge in [-0.25, -0.2) is 13.1 Å². The molecule has 6 heteroatoms. The van der Waals surface area contributed by atoms with Crippen molar-refractivity contribution >= 4 is 31.9 Å². The van der Waals surface area contributed by atoms with Gasteiger partial charge in [0, 0.05) is 10.9 Å². The molecule has 0 heterocycles. The van der Waals surface area contributed by atoms with Crippen molar-refractivity contribution in [2.45, 2.75) is 25.2 Å². The summed E-state index contributed by atoms with van der Waals surface area (Å²) < 4.78 is 26.4. The van der Waals surface area contributed by atoms with Crippen LogP contribution in [0.1, 0.15) is 20.3 Å². The molecule has 0 saturated carbocycles. The average Bonchev–Trinajstić information content (AvgIpc) is 2.15. The van der Waals surface area contributed by atoms with Gasteiger partial charge in [-0.1, -0.05) is 29.8 Å². The van der Waals surface area contributed by atoms with Gasteiger partial charge in [0.05, 0.1) is 4.90 Å². The SMILES string of the molecule is CC(C)CC(=O)NS(=O)(=O)c1ccc(Br)cc1. The zero-order valence-corrected chi connectivity index (χ0v) is 12.0. The van der Waals surface area contributed by atoms with Gasteiger partial charge in [0.25, 0.3) is 10.0 Å². The lowest BCUT2D eigenvalue weighted by atomic mass is 10.1. The molecule has 1 amide bonds. The van der Waals surface area contributed by atoms with E-state index < -0.39 is 15.9 Å². The van der Waals surface area contributed by atoms with Crippen LogP contribution in [-0.4, -0.2) is 14.3 Å². The topological polar surface area (TPSA) is 63.2 Å². The Bertz CT molecular complexity index is 494. The number of halogens is 1.